The number of hydrogen-bond donors (Lipinski definition) is 1. The highest BCUT2D eigenvalue weighted by Gasteiger charge is 2.15. The van der Waals surface area contributed by atoms with Gasteiger partial charge in [0.25, 0.3) is 0 Å². The van der Waals surface area contributed by atoms with Gasteiger partial charge < -0.3 is 14.8 Å². The van der Waals surface area contributed by atoms with Crippen molar-refractivity contribution < 1.29 is 14.3 Å². The lowest BCUT2D eigenvalue weighted by Gasteiger charge is -2.29. The molecule has 1 aliphatic heterocycles. The maximum Gasteiger partial charge on any atom is 0.311 e. The van der Waals surface area contributed by atoms with Crippen molar-refractivity contribution in [1.29, 1.82) is 0 Å². The first-order chi connectivity index (χ1) is 10.2. The van der Waals surface area contributed by atoms with Crippen molar-refractivity contribution in [3.05, 3.63) is 11.1 Å². The molecule has 0 amide bonds. The second-order valence-electron chi connectivity index (χ2n) is 5.08. The first-order valence-electron chi connectivity index (χ1n) is 7.34. The highest BCUT2D eigenvalue weighted by atomic mass is 32.1. The van der Waals surface area contributed by atoms with E-state index in [4.69, 9.17) is 9.47 Å². The van der Waals surface area contributed by atoms with Gasteiger partial charge in [0.1, 0.15) is 0 Å². The van der Waals surface area contributed by atoms with Crippen molar-refractivity contribution in [3.8, 4) is 0 Å². The number of esters is 1. The Hall–Kier alpha value is -1.18. The normalized spacial score (nSPS) is 17.4. The van der Waals surface area contributed by atoms with Gasteiger partial charge in [-0.1, -0.05) is 0 Å². The number of morpholine rings is 1. The molecule has 7 heteroatoms. The largest absolute Gasteiger partial charge is 0.466 e. The maximum absolute atomic E-state index is 11.4. The van der Waals surface area contributed by atoms with Crippen LogP contribution in [0, 0.1) is 0 Å². The number of hydrogen-bond acceptors (Lipinski definition) is 7. The molecule has 2 heterocycles. The molecule has 1 aliphatic rings. The Balaban J connectivity index is 1.77. The molecule has 1 aromatic rings. The number of nitrogens with zero attached hydrogens (tertiary/aromatic N) is 2. The summed E-state index contributed by atoms with van der Waals surface area (Å²) in [6, 6.07) is 0.310. The van der Waals surface area contributed by atoms with Crippen LogP contribution >= 0.6 is 11.3 Å². The molecular formula is C14H23N3O3S. The summed E-state index contributed by atoms with van der Waals surface area (Å²) in [5.74, 6) is -0.226. The van der Waals surface area contributed by atoms with E-state index in [0.717, 1.165) is 43.7 Å². The van der Waals surface area contributed by atoms with Crippen molar-refractivity contribution in [3.63, 3.8) is 0 Å². The Labute approximate surface area is 129 Å². The van der Waals surface area contributed by atoms with Crippen LogP contribution in [0.1, 0.15) is 19.5 Å². The first-order valence-corrected chi connectivity index (χ1v) is 8.22. The lowest BCUT2D eigenvalue weighted by molar-refractivity contribution is -0.142. The van der Waals surface area contributed by atoms with E-state index in [-0.39, 0.29) is 12.4 Å². The number of carbonyl (C=O) groups is 1. The highest BCUT2D eigenvalue weighted by molar-refractivity contribution is 7.13. The molecule has 21 heavy (non-hydrogen) atoms. The minimum atomic E-state index is -0.226. The van der Waals surface area contributed by atoms with Gasteiger partial charge in [0, 0.05) is 31.1 Å². The molecule has 1 N–H and O–H groups in total. The van der Waals surface area contributed by atoms with E-state index in [1.54, 1.807) is 6.92 Å². The third-order valence-corrected chi connectivity index (χ3v) is 4.01. The number of rotatable bonds is 7. The summed E-state index contributed by atoms with van der Waals surface area (Å²) >= 11 is 1.53. The summed E-state index contributed by atoms with van der Waals surface area (Å²) in [6.07, 6.45) is 0.240. The fourth-order valence-corrected chi connectivity index (χ4v) is 3.06. The molecule has 1 atom stereocenters. The van der Waals surface area contributed by atoms with Crippen molar-refractivity contribution in [2.24, 2.45) is 0 Å². The molecule has 1 saturated heterocycles. The minimum Gasteiger partial charge on any atom is -0.466 e. The van der Waals surface area contributed by atoms with Crippen LogP contribution in [0.5, 0.6) is 0 Å². The Morgan fingerprint density at radius 1 is 1.57 bits per heavy atom. The monoisotopic (exact) mass is 313 g/mol. The number of nitrogens with one attached hydrogen (secondary N) is 1. The summed E-state index contributed by atoms with van der Waals surface area (Å²) in [5.41, 5.74) is 0.763. The minimum absolute atomic E-state index is 0.226. The zero-order valence-corrected chi connectivity index (χ0v) is 13.4. The van der Waals surface area contributed by atoms with Gasteiger partial charge in [-0.05, 0) is 13.8 Å². The van der Waals surface area contributed by atoms with Crippen LogP contribution in [-0.2, 0) is 20.7 Å². The second kappa shape index (κ2) is 8.31. The molecule has 1 fully saturated rings. The second-order valence-corrected chi connectivity index (χ2v) is 5.94. The van der Waals surface area contributed by atoms with E-state index in [1.165, 1.54) is 11.3 Å². The van der Waals surface area contributed by atoms with Crippen LogP contribution in [0.3, 0.4) is 0 Å². The topological polar surface area (TPSA) is 63.7 Å². The molecule has 0 aromatic carbocycles. The standard InChI is InChI=1S/C14H23N3O3S/c1-3-20-13(18)8-12-10-21-14(16-12)15-11(2)9-17-4-6-19-7-5-17/h10-11H,3-9H2,1-2H3,(H,15,16). The van der Waals surface area contributed by atoms with E-state index < -0.39 is 0 Å². The van der Waals surface area contributed by atoms with Crippen LogP contribution in [0.15, 0.2) is 5.38 Å². The summed E-state index contributed by atoms with van der Waals surface area (Å²) < 4.78 is 10.3. The fraction of sp³-hybridized carbons (Fsp3) is 0.714. The summed E-state index contributed by atoms with van der Waals surface area (Å²) in [7, 11) is 0. The van der Waals surface area contributed by atoms with Gasteiger partial charge in [0.2, 0.25) is 0 Å². The van der Waals surface area contributed by atoms with Gasteiger partial charge in [0.05, 0.1) is 31.9 Å². The lowest BCUT2D eigenvalue weighted by Crippen LogP contribution is -2.42. The Bertz CT molecular complexity index is 446. The van der Waals surface area contributed by atoms with Gasteiger partial charge in [-0.2, -0.15) is 0 Å². The molecule has 2 rings (SSSR count). The fourth-order valence-electron chi connectivity index (χ4n) is 2.24. The Kier molecular flexibility index (Phi) is 6.41. The van der Waals surface area contributed by atoms with Crippen molar-refractivity contribution in [2.75, 3.05) is 44.8 Å². The SMILES string of the molecule is CCOC(=O)Cc1csc(NC(C)CN2CCOCC2)n1. The summed E-state index contributed by atoms with van der Waals surface area (Å²) in [4.78, 5) is 18.2. The zero-order chi connectivity index (χ0) is 15.1. The molecule has 0 spiro atoms. The number of aromatic nitrogens is 1. The van der Waals surface area contributed by atoms with Gasteiger partial charge in [-0.25, -0.2) is 4.98 Å². The zero-order valence-electron chi connectivity index (χ0n) is 12.6. The van der Waals surface area contributed by atoms with Crippen LogP contribution in [0.2, 0.25) is 0 Å². The first kappa shape index (κ1) is 16.2. The number of carbonyl (C=O) groups excluding carboxylic acids is 1. The van der Waals surface area contributed by atoms with Crippen molar-refractivity contribution in [1.82, 2.24) is 9.88 Å². The van der Waals surface area contributed by atoms with E-state index in [2.05, 4.69) is 22.1 Å². The van der Waals surface area contributed by atoms with Crippen LogP contribution in [0.4, 0.5) is 5.13 Å². The number of anilines is 1. The van der Waals surface area contributed by atoms with E-state index in [9.17, 15) is 4.79 Å². The quantitative estimate of drug-likeness (QED) is 0.767. The molecule has 6 nitrogen and oxygen atoms in total. The number of thiazole rings is 1. The van der Waals surface area contributed by atoms with Gasteiger partial charge >= 0.3 is 5.97 Å². The lowest BCUT2D eigenvalue weighted by atomic mass is 10.3. The predicted molar refractivity (Wildman–Crippen MR) is 82.8 cm³/mol. The third-order valence-electron chi connectivity index (χ3n) is 3.19. The van der Waals surface area contributed by atoms with Gasteiger partial charge in [-0.3, -0.25) is 9.69 Å². The predicted octanol–water partition coefficient (Wildman–Crippen LogP) is 1.38. The average Bonchev–Trinajstić information content (AvgIpc) is 2.87. The molecule has 0 radical (unpaired) electrons. The van der Waals surface area contributed by atoms with Crippen LogP contribution in [-0.4, -0.2) is 61.3 Å². The molecule has 0 aliphatic carbocycles. The Morgan fingerprint density at radius 3 is 3.05 bits per heavy atom. The Morgan fingerprint density at radius 2 is 2.33 bits per heavy atom. The third kappa shape index (κ3) is 5.61. The molecule has 1 aromatic heterocycles. The molecular weight excluding hydrogens is 290 g/mol. The summed E-state index contributed by atoms with van der Waals surface area (Å²) in [6.45, 7) is 8.92. The highest BCUT2D eigenvalue weighted by Crippen LogP contribution is 2.17. The van der Waals surface area contributed by atoms with E-state index in [1.807, 2.05) is 5.38 Å². The van der Waals surface area contributed by atoms with Crippen molar-refractivity contribution >= 4 is 22.4 Å². The van der Waals surface area contributed by atoms with Crippen molar-refractivity contribution in [2.45, 2.75) is 26.3 Å². The molecule has 0 bridgehead atoms. The number of ether oxygens (including phenoxy) is 2. The molecule has 1 unspecified atom stereocenters. The van der Waals surface area contributed by atoms with E-state index in [0.29, 0.717) is 12.6 Å². The summed E-state index contributed by atoms with van der Waals surface area (Å²) in [5, 5.41) is 6.15. The molecule has 0 saturated carbocycles. The van der Waals surface area contributed by atoms with Gasteiger partial charge in [0.15, 0.2) is 5.13 Å². The average molecular weight is 313 g/mol. The smallest absolute Gasteiger partial charge is 0.311 e. The van der Waals surface area contributed by atoms with E-state index >= 15 is 0 Å². The van der Waals surface area contributed by atoms with Crippen LogP contribution < -0.4 is 5.32 Å². The van der Waals surface area contributed by atoms with Gasteiger partial charge in [-0.15, -0.1) is 11.3 Å². The van der Waals surface area contributed by atoms with Crippen LogP contribution in [0.25, 0.3) is 0 Å². The maximum atomic E-state index is 11.4. The molecule has 118 valence electrons.